The number of amidine groups is 1. The molecule has 9 heteroatoms. The number of hydrogen-bond donors (Lipinski definition) is 1. The molecule has 3 aliphatic rings. The highest BCUT2D eigenvalue weighted by atomic mass is 19.1. The number of halogens is 2. The number of fused-ring (bicyclic) bond motifs is 1. The molecular formula is C24H26F2N6O. The third kappa shape index (κ3) is 4.45. The molecule has 3 heterocycles. The third-order valence-corrected chi connectivity index (χ3v) is 6.02. The van der Waals surface area contributed by atoms with E-state index in [0.29, 0.717) is 36.1 Å². The number of nitrogens with zero attached hydrogens (tertiary/aromatic N) is 5. The molecule has 1 fully saturated rings. The molecule has 1 aliphatic carbocycles. The molecule has 7 nitrogen and oxygen atoms in total. The Hall–Kier alpha value is -3.33. The van der Waals surface area contributed by atoms with E-state index in [1.807, 2.05) is 19.9 Å². The van der Waals surface area contributed by atoms with Crippen LogP contribution in [0.25, 0.3) is 6.08 Å². The van der Waals surface area contributed by atoms with Gasteiger partial charge >= 0.3 is 0 Å². The fraction of sp³-hybridized carbons (Fsp3) is 0.375. The zero-order chi connectivity index (χ0) is 23.1. The smallest absolute Gasteiger partial charge is 0.233 e. The van der Waals surface area contributed by atoms with E-state index < -0.39 is 11.6 Å². The Morgan fingerprint density at radius 3 is 2.52 bits per heavy atom. The summed E-state index contributed by atoms with van der Waals surface area (Å²) in [4.78, 5) is 17.8. The molecular weight excluding hydrogens is 426 g/mol. The fourth-order valence-electron chi connectivity index (χ4n) is 4.20. The number of allylic oxidation sites excluding steroid dienone is 1. The first-order chi connectivity index (χ1) is 15.9. The van der Waals surface area contributed by atoms with Gasteiger partial charge in [-0.25, -0.2) is 8.78 Å². The van der Waals surface area contributed by atoms with E-state index in [0.717, 1.165) is 43.4 Å². The van der Waals surface area contributed by atoms with Crippen LogP contribution in [0.5, 0.6) is 11.6 Å². The molecule has 1 N–H and O–H groups in total. The number of aromatic nitrogens is 2. The zero-order valence-electron chi connectivity index (χ0n) is 19.0. The van der Waals surface area contributed by atoms with Crippen LogP contribution in [0.3, 0.4) is 0 Å². The quantitative estimate of drug-likeness (QED) is 0.756. The summed E-state index contributed by atoms with van der Waals surface area (Å²) in [7, 11) is 2.08. The minimum atomic E-state index is -0.587. The van der Waals surface area contributed by atoms with E-state index in [2.05, 4.69) is 37.1 Å². The minimum absolute atomic E-state index is 0.137. The predicted molar refractivity (Wildman–Crippen MR) is 125 cm³/mol. The molecule has 2 aliphatic heterocycles. The predicted octanol–water partition coefficient (Wildman–Crippen LogP) is 4.03. The van der Waals surface area contributed by atoms with Crippen molar-refractivity contribution in [3.05, 3.63) is 52.1 Å². The van der Waals surface area contributed by atoms with Gasteiger partial charge < -0.3 is 19.9 Å². The highest BCUT2D eigenvalue weighted by Gasteiger charge is 2.24. The van der Waals surface area contributed by atoms with Crippen molar-refractivity contribution >= 4 is 23.7 Å². The molecule has 33 heavy (non-hydrogen) atoms. The maximum atomic E-state index is 15.1. The topological polar surface area (TPSA) is 65.9 Å². The van der Waals surface area contributed by atoms with E-state index >= 15 is 4.39 Å². The largest absolute Gasteiger partial charge is 0.436 e. The fourth-order valence-corrected chi connectivity index (χ4v) is 4.20. The van der Waals surface area contributed by atoms with Crippen molar-refractivity contribution in [2.24, 2.45) is 4.99 Å². The van der Waals surface area contributed by atoms with Gasteiger partial charge in [0.15, 0.2) is 11.6 Å². The highest BCUT2D eigenvalue weighted by molar-refractivity contribution is 6.04. The molecule has 1 aromatic carbocycles. The molecule has 0 saturated carbocycles. The number of likely N-dealkylation sites (N-methyl/N-ethyl adjacent to an activating group) is 1. The lowest BCUT2D eigenvalue weighted by atomic mass is 10.1. The standard InChI is InChI=1S/C24H26F2N6O/c1-14-8-16-17(9-14)23(26)19(11-18(16)25)33-22-12-21(32-6-4-31(3)5-7-32)29-24(30-22)28-20-10-15(2)13-27-20/h9-12H,4-8,13H2,1-3H3,(H,27,28,29,30). The molecule has 0 spiro atoms. The summed E-state index contributed by atoms with van der Waals surface area (Å²) in [6.07, 6.45) is 4.00. The van der Waals surface area contributed by atoms with Gasteiger partial charge in [0.1, 0.15) is 17.5 Å². The van der Waals surface area contributed by atoms with Crippen molar-refractivity contribution in [2.45, 2.75) is 20.3 Å². The number of aliphatic imine (C=N–C) groups is 1. The van der Waals surface area contributed by atoms with E-state index in [-0.39, 0.29) is 17.2 Å². The number of piperazine rings is 1. The van der Waals surface area contributed by atoms with Gasteiger partial charge in [-0.15, -0.1) is 0 Å². The van der Waals surface area contributed by atoms with Crippen LogP contribution >= 0.6 is 0 Å². The van der Waals surface area contributed by atoms with Gasteiger partial charge in [-0.2, -0.15) is 9.97 Å². The van der Waals surface area contributed by atoms with Crippen molar-refractivity contribution in [3.8, 4) is 11.6 Å². The van der Waals surface area contributed by atoms with Crippen molar-refractivity contribution in [1.29, 1.82) is 0 Å². The summed E-state index contributed by atoms with van der Waals surface area (Å²) in [5, 5.41) is 3.12. The maximum absolute atomic E-state index is 15.1. The lowest BCUT2D eigenvalue weighted by Crippen LogP contribution is -2.44. The Morgan fingerprint density at radius 1 is 1.00 bits per heavy atom. The van der Waals surface area contributed by atoms with Gasteiger partial charge in [-0.1, -0.05) is 11.6 Å². The third-order valence-electron chi connectivity index (χ3n) is 6.02. The first kappa shape index (κ1) is 21.5. The van der Waals surface area contributed by atoms with Crippen molar-refractivity contribution in [2.75, 3.05) is 50.0 Å². The second-order valence-electron chi connectivity index (χ2n) is 8.83. The van der Waals surface area contributed by atoms with Crippen LogP contribution in [-0.2, 0) is 6.42 Å². The van der Waals surface area contributed by atoms with Crippen LogP contribution in [0, 0.1) is 11.6 Å². The van der Waals surface area contributed by atoms with Crippen LogP contribution in [-0.4, -0.2) is 60.5 Å². The summed E-state index contributed by atoms with van der Waals surface area (Å²) < 4.78 is 35.6. The van der Waals surface area contributed by atoms with Crippen LogP contribution in [0.2, 0.25) is 0 Å². The van der Waals surface area contributed by atoms with Gasteiger partial charge in [0, 0.05) is 49.4 Å². The Bertz CT molecular complexity index is 1200. The van der Waals surface area contributed by atoms with E-state index in [1.54, 1.807) is 12.1 Å². The second-order valence-corrected chi connectivity index (χ2v) is 8.83. The lowest BCUT2D eigenvalue weighted by Gasteiger charge is -2.33. The van der Waals surface area contributed by atoms with Gasteiger partial charge in [0.25, 0.3) is 0 Å². The zero-order valence-corrected chi connectivity index (χ0v) is 19.0. The Labute approximate surface area is 191 Å². The van der Waals surface area contributed by atoms with Crippen LogP contribution in [0.4, 0.5) is 20.5 Å². The SMILES string of the molecule is CC1=CC(Nc2nc(Oc3cc(F)c4c(c3F)C=C(C)C4)cc(N3CCN(C)CC3)n2)=NC1. The molecule has 0 amide bonds. The summed E-state index contributed by atoms with van der Waals surface area (Å²) in [5.41, 5.74) is 2.65. The molecule has 0 radical (unpaired) electrons. The summed E-state index contributed by atoms with van der Waals surface area (Å²) in [6.45, 7) is 7.84. The van der Waals surface area contributed by atoms with E-state index in [1.165, 1.54) is 0 Å². The maximum Gasteiger partial charge on any atom is 0.233 e. The number of hydrogen-bond acceptors (Lipinski definition) is 7. The number of ether oxygens (including phenoxy) is 1. The second kappa shape index (κ2) is 8.55. The van der Waals surface area contributed by atoms with Crippen molar-refractivity contribution in [1.82, 2.24) is 14.9 Å². The summed E-state index contributed by atoms with van der Waals surface area (Å²) in [6, 6.07) is 2.76. The first-order valence-electron chi connectivity index (χ1n) is 11.0. The minimum Gasteiger partial charge on any atom is -0.436 e. The number of rotatable bonds is 4. The van der Waals surface area contributed by atoms with Crippen molar-refractivity contribution in [3.63, 3.8) is 0 Å². The average molecular weight is 453 g/mol. The summed E-state index contributed by atoms with van der Waals surface area (Å²) >= 11 is 0. The number of nitrogens with one attached hydrogen (secondary N) is 1. The van der Waals surface area contributed by atoms with Crippen LogP contribution in [0.1, 0.15) is 25.0 Å². The van der Waals surface area contributed by atoms with E-state index in [9.17, 15) is 4.39 Å². The highest BCUT2D eigenvalue weighted by Crippen LogP contribution is 2.36. The Morgan fingerprint density at radius 2 is 1.79 bits per heavy atom. The van der Waals surface area contributed by atoms with Gasteiger partial charge in [-0.05, 0) is 39.0 Å². The normalized spacial score (nSPS) is 18.1. The van der Waals surface area contributed by atoms with Gasteiger partial charge in [-0.3, -0.25) is 4.99 Å². The van der Waals surface area contributed by atoms with E-state index in [4.69, 9.17) is 4.74 Å². The monoisotopic (exact) mass is 452 g/mol. The molecule has 0 bridgehead atoms. The number of benzene rings is 1. The molecule has 172 valence electrons. The average Bonchev–Trinajstić information content (AvgIpc) is 3.37. The molecule has 2 aromatic rings. The molecule has 0 unspecified atom stereocenters. The van der Waals surface area contributed by atoms with Crippen LogP contribution in [0.15, 0.2) is 34.3 Å². The van der Waals surface area contributed by atoms with Gasteiger partial charge in [0.2, 0.25) is 11.8 Å². The number of anilines is 2. The van der Waals surface area contributed by atoms with Crippen molar-refractivity contribution < 1.29 is 13.5 Å². The molecule has 0 atom stereocenters. The summed E-state index contributed by atoms with van der Waals surface area (Å²) in [5.74, 6) is 0.483. The Balaban J connectivity index is 1.49. The molecule has 5 rings (SSSR count). The first-order valence-corrected chi connectivity index (χ1v) is 11.0. The molecule has 1 saturated heterocycles. The molecule has 1 aromatic heterocycles. The lowest BCUT2D eigenvalue weighted by molar-refractivity contribution is 0.312. The Kier molecular flexibility index (Phi) is 5.57. The van der Waals surface area contributed by atoms with Gasteiger partial charge in [0.05, 0.1) is 6.54 Å². The van der Waals surface area contributed by atoms with Crippen LogP contribution < -0.4 is 15.0 Å².